The number of ether oxygens (including phenoxy) is 2. The van der Waals surface area contributed by atoms with Gasteiger partial charge in [-0.3, -0.25) is 14.6 Å². The minimum atomic E-state index is -0.765. The third-order valence-electron chi connectivity index (χ3n) is 11.8. The summed E-state index contributed by atoms with van der Waals surface area (Å²) in [6.07, 6.45) is 10.6. The van der Waals surface area contributed by atoms with Gasteiger partial charge in [0.2, 0.25) is 11.8 Å². The van der Waals surface area contributed by atoms with E-state index in [1.165, 1.54) is 18.5 Å². The Morgan fingerprint density at radius 2 is 1.49 bits per heavy atom. The number of hydrogen-bond acceptors (Lipinski definition) is 15. The molecule has 4 fully saturated rings. The van der Waals surface area contributed by atoms with Gasteiger partial charge in [-0.25, -0.2) is 29.3 Å². The second kappa shape index (κ2) is 20.0. The fourth-order valence-electron chi connectivity index (χ4n) is 8.30. The second-order valence-corrected chi connectivity index (χ2v) is 16.8. The molecule has 324 valence electrons. The fourth-order valence-corrected chi connectivity index (χ4v) is 8.70. The lowest BCUT2D eigenvalue weighted by Gasteiger charge is -2.38. The van der Waals surface area contributed by atoms with Crippen LogP contribution in [0.5, 0.6) is 0 Å². The number of nitrogens with zero attached hydrogens (tertiary/aromatic N) is 6. The lowest BCUT2D eigenvalue weighted by atomic mass is 9.81. The zero-order valence-corrected chi connectivity index (χ0v) is 34.9. The Balaban J connectivity index is 0.848. The van der Waals surface area contributed by atoms with E-state index in [0.717, 1.165) is 45.1 Å². The van der Waals surface area contributed by atoms with Crippen molar-refractivity contribution < 1.29 is 28.6 Å². The molecule has 0 aliphatic carbocycles. The SMILES string of the molecule is O=C(Nc1cc(-c2nc(NCC3CCOCC3)cnc2Cl)c(F)cn1)[C@H]1CNCC(C2CC(CNc3cncc(-c4cc(NC(=O)[C@H]5CNC[C@@H]5O)ncc4Cl)n3)CCO2)C1. The maximum absolute atomic E-state index is 15.2. The molecule has 6 atom stereocenters. The number of hydrogen-bond donors (Lipinski definition) is 7. The molecule has 0 spiro atoms. The third kappa shape index (κ3) is 10.9. The van der Waals surface area contributed by atoms with Gasteiger partial charge in [-0.1, -0.05) is 23.2 Å². The molecular formula is C41H49Cl2FN12O5. The summed E-state index contributed by atoms with van der Waals surface area (Å²) in [5.41, 5.74) is 1.29. The van der Waals surface area contributed by atoms with E-state index >= 15 is 4.39 Å². The number of rotatable bonds is 13. The van der Waals surface area contributed by atoms with Gasteiger partial charge in [0, 0.05) is 76.4 Å². The van der Waals surface area contributed by atoms with Crippen molar-refractivity contribution in [1.82, 2.24) is 40.5 Å². The standard InChI is InChI=1S/C41H49Cl2FN12O5/c42-29-16-50-34(56-41(59)28-15-46-19-32(28)57)9-26(29)31-18-47-20-36(53-31)49-12-23-3-6-61-33(7-23)24-8-25(14-45-13-24)40(58)55-35-10-27(30(44)17-51-35)38-39(43)52-21-37(54-38)48-11-22-1-4-60-5-2-22/h9-10,16-18,20-25,28,32-33,45-46,57H,1-8,11-15,19H2,(H,48,54)(H,49,53)(H,50,56,59)(H,51,55,58)/t23?,24?,25-,28+,32+,33?/m1/s1. The third-order valence-corrected chi connectivity index (χ3v) is 12.4. The van der Waals surface area contributed by atoms with Gasteiger partial charge in [-0.2, -0.15) is 0 Å². The average Bonchev–Trinajstić information content (AvgIpc) is 3.73. The number of halogens is 3. The highest BCUT2D eigenvalue weighted by Gasteiger charge is 2.36. The average molecular weight is 880 g/mol. The number of aliphatic hydroxyl groups excluding tert-OH is 1. The van der Waals surface area contributed by atoms with Gasteiger partial charge in [0.25, 0.3) is 0 Å². The van der Waals surface area contributed by atoms with Gasteiger partial charge in [-0.15, -0.1) is 0 Å². The maximum atomic E-state index is 15.2. The van der Waals surface area contributed by atoms with Crippen LogP contribution in [0.2, 0.25) is 10.2 Å². The van der Waals surface area contributed by atoms with Crippen LogP contribution in [0, 0.1) is 35.4 Å². The Bertz CT molecular complexity index is 2190. The molecule has 8 heterocycles. The molecule has 8 rings (SSSR count). The van der Waals surface area contributed by atoms with Gasteiger partial charge in [0.1, 0.15) is 29.0 Å². The minimum absolute atomic E-state index is 0.0353. The Kier molecular flexibility index (Phi) is 14.1. The van der Waals surface area contributed by atoms with Crippen molar-refractivity contribution in [2.75, 3.05) is 80.4 Å². The van der Waals surface area contributed by atoms with Crippen molar-refractivity contribution in [3.63, 3.8) is 0 Å². The van der Waals surface area contributed by atoms with Gasteiger partial charge in [0.15, 0.2) is 11.0 Å². The molecule has 4 saturated heterocycles. The summed E-state index contributed by atoms with van der Waals surface area (Å²) in [5, 5.41) is 29.3. The second-order valence-electron chi connectivity index (χ2n) is 16.1. The number of pyridine rings is 2. The zero-order valence-electron chi connectivity index (χ0n) is 33.4. The molecule has 4 aliphatic heterocycles. The first kappa shape index (κ1) is 43.0. The van der Waals surface area contributed by atoms with Crippen LogP contribution >= 0.6 is 23.2 Å². The summed E-state index contributed by atoms with van der Waals surface area (Å²) in [7, 11) is 0. The predicted octanol–water partition coefficient (Wildman–Crippen LogP) is 4.27. The van der Waals surface area contributed by atoms with Crippen molar-refractivity contribution in [1.29, 1.82) is 0 Å². The highest BCUT2D eigenvalue weighted by atomic mass is 35.5. The first-order chi connectivity index (χ1) is 29.7. The van der Waals surface area contributed by atoms with Crippen molar-refractivity contribution in [2.45, 2.75) is 44.3 Å². The predicted molar refractivity (Wildman–Crippen MR) is 228 cm³/mol. The van der Waals surface area contributed by atoms with E-state index in [1.807, 2.05) is 0 Å². The van der Waals surface area contributed by atoms with Crippen LogP contribution in [0.4, 0.5) is 27.7 Å². The van der Waals surface area contributed by atoms with E-state index in [9.17, 15) is 14.7 Å². The van der Waals surface area contributed by atoms with Crippen molar-refractivity contribution >= 4 is 58.3 Å². The number of carbonyl (C=O) groups excluding carboxylic acids is 2. The quantitative estimate of drug-likeness (QED) is 0.0997. The monoisotopic (exact) mass is 878 g/mol. The van der Waals surface area contributed by atoms with E-state index in [-0.39, 0.29) is 57.9 Å². The molecule has 61 heavy (non-hydrogen) atoms. The summed E-state index contributed by atoms with van der Waals surface area (Å²) >= 11 is 12.9. The van der Waals surface area contributed by atoms with Gasteiger partial charge >= 0.3 is 0 Å². The van der Waals surface area contributed by atoms with Crippen molar-refractivity contribution in [2.24, 2.45) is 29.6 Å². The van der Waals surface area contributed by atoms with Crippen LogP contribution in [-0.4, -0.2) is 118 Å². The molecule has 0 radical (unpaired) electrons. The summed E-state index contributed by atoms with van der Waals surface area (Å²) in [6, 6.07) is 3.08. The molecule has 17 nitrogen and oxygen atoms in total. The Hall–Kier alpha value is -4.69. The van der Waals surface area contributed by atoms with Crippen LogP contribution in [-0.2, 0) is 19.1 Å². The summed E-state index contributed by atoms with van der Waals surface area (Å²) in [6.45, 7) is 5.30. The Morgan fingerprint density at radius 3 is 2.30 bits per heavy atom. The fraction of sp³-hybridized carbons (Fsp3) is 0.512. The summed E-state index contributed by atoms with van der Waals surface area (Å²) in [5.74, 6) is 0.191. The van der Waals surface area contributed by atoms with Crippen LogP contribution in [0.15, 0.2) is 43.1 Å². The molecule has 20 heteroatoms. The number of aliphatic hydroxyl groups is 1. The highest BCUT2D eigenvalue weighted by molar-refractivity contribution is 6.33. The smallest absolute Gasteiger partial charge is 0.232 e. The zero-order chi connectivity index (χ0) is 42.3. The summed E-state index contributed by atoms with van der Waals surface area (Å²) < 4.78 is 26.9. The highest BCUT2D eigenvalue weighted by Crippen LogP contribution is 2.33. The normalized spacial score (nSPS) is 24.5. The number of anilines is 4. The van der Waals surface area contributed by atoms with E-state index in [0.29, 0.717) is 91.9 Å². The topological polar surface area (TPSA) is 222 Å². The number of aromatic nitrogens is 6. The first-order valence-electron chi connectivity index (χ1n) is 20.7. The van der Waals surface area contributed by atoms with Crippen molar-refractivity contribution in [3.05, 3.63) is 59.1 Å². The van der Waals surface area contributed by atoms with E-state index in [2.05, 4.69) is 56.8 Å². The van der Waals surface area contributed by atoms with E-state index in [1.54, 1.807) is 18.5 Å². The molecule has 4 aliphatic rings. The van der Waals surface area contributed by atoms with Crippen LogP contribution < -0.4 is 31.9 Å². The Labute approximate surface area is 362 Å². The largest absolute Gasteiger partial charge is 0.391 e. The molecule has 0 bridgehead atoms. The Morgan fingerprint density at radius 1 is 0.770 bits per heavy atom. The number of nitrogens with one attached hydrogen (secondary N) is 6. The van der Waals surface area contributed by atoms with Gasteiger partial charge in [0.05, 0.1) is 59.5 Å². The molecule has 7 N–H and O–H groups in total. The number of carbonyl (C=O) groups is 2. The molecule has 2 amide bonds. The molecule has 0 saturated carbocycles. The maximum Gasteiger partial charge on any atom is 0.232 e. The molecule has 4 aromatic rings. The first-order valence-corrected chi connectivity index (χ1v) is 21.5. The lowest BCUT2D eigenvalue weighted by molar-refractivity contribution is -0.122. The number of amides is 2. The van der Waals surface area contributed by atoms with Crippen LogP contribution in [0.3, 0.4) is 0 Å². The number of piperidine rings is 1. The van der Waals surface area contributed by atoms with Crippen LogP contribution in [0.25, 0.3) is 22.5 Å². The molecule has 0 aromatic carbocycles. The van der Waals surface area contributed by atoms with Crippen molar-refractivity contribution in [3.8, 4) is 22.5 Å². The summed E-state index contributed by atoms with van der Waals surface area (Å²) in [4.78, 5) is 52.7. The van der Waals surface area contributed by atoms with E-state index < -0.39 is 17.8 Å². The minimum Gasteiger partial charge on any atom is -0.391 e. The molecular weight excluding hydrogens is 830 g/mol. The van der Waals surface area contributed by atoms with Gasteiger partial charge < -0.3 is 46.5 Å². The van der Waals surface area contributed by atoms with Gasteiger partial charge in [-0.05, 0) is 62.0 Å². The van der Waals surface area contributed by atoms with E-state index in [4.69, 9.17) is 37.7 Å². The lowest BCUT2D eigenvalue weighted by Crippen LogP contribution is -2.47. The molecule has 3 unspecified atom stereocenters. The molecule has 4 aromatic heterocycles. The van der Waals surface area contributed by atoms with Crippen LogP contribution in [0.1, 0.15) is 32.1 Å². The number of β-amino-alcohol motifs (C(OH)–C–C–N with tert-alkyl or cyclic N) is 1.